The smallest absolute Gasteiger partial charge is 0.268 e. The minimum absolute atomic E-state index is 0.0755. The molecule has 3 nitrogen and oxygen atoms in total. The van der Waals surface area contributed by atoms with E-state index < -0.39 is 0 Å². The van der Waals surface area contributed by atoms with Crippen LogP contribution in [0, 0.1) is 0 Å². The molecule has 1 aliphatic heterocycles. The maximum absolute atomic E-state index is 12.8. The minimum atomic E-state index is -0.222. The average Bonchev–Trinajstić information content (AvgIpc) is 2.88. The van der Waals surface area contributed by atoms with Gasteiger partial charge in [-0.05, 0) is 50.9 Å². The van der Waals surface area contributed by atoms with Gasteiger partial charge >= 0.3 is 0 Å². The van der Waals surface area contributed by atoms with Gasteiger partial charge in [-0.1, -0.05) is 90.1 Å². The first kappa shape index (κ1) is 21.4. The molecule has 2 amide bonds. The second-order valence-corrected chi connectivity index (χ2v) is 10.6. The van der Waals surface area contributed by atoms with Gasteiger partial charge in [0.15, 0.2) is 0 Å². The van der Waals surface area contributed by atoms with Crippen LogP contribution in [0.15, 0.2) is 53.4 Å². The van der Waals surface area contributed by atoms with E-state index in [0.29, 0.717) is 11.4 Å². The number of benzene rings is 2. The second-order valence-electron chi connectivity index (χ2n) is 9.59. The van der Waals surface area contributed by atoms with Crippen molar-refractivity contribution < 1.29 is 9.59 Å². The molecule has 152 valence electrons. The molecule has 0 unspecified atom stereocenters. The molecule has 3 rings (SSSR count). The third kappa shape index (κ3) is 4.99. The van der Waals surface area contributed by atoms with Crippen molar-refractivity contribution >= 4 is 29.0 Å². The van der Waals surface area contributed by atoms with Crippen LogP contribution < -0.4 is 0 Å². The fourth-order valence-electron chi connectivity index (χ4n) is 3.16. The van der Waals surface area contributed by atoms with E-state index in [-0.39, 0.29) is 22.0 Å². The summed E-state index contributed by atoms with van der Waals surface area (Å²) in [5.41, 5.74) is 4.51. The van der Waals surface area contributed by atoms with Gasteiger partial charge in [-0.15, -0.1) is 0 Å². The Bertz CT molecular complexity index is 942. The molecule has 1 aliphatic rings. The van der Waals surface area contributed by atoms with E-state index in [9.17, 15) is 9.59 Å². The van der Waals surface area contributed by atoms with Crippen LogP contribution in [0.2, 0.25) is 0 Å². The van der Waals surface area contributed by atoms with E-state index in [1.54, 1.807) is 6.08 Å². The minimum Gasteiger partial charge on any atom is -0.268 e. The van der Waals surface area contributed by atoms with Crippen LogP contribution in [0.25, 0.3) is 6.08 Å². The molecule has 1 fully saturated rings. The predicted octanol–water partition coefficient (Wildman–Crippen LogP) is 6.52. The standard InChI is InChI=1S/C25H29NO2S/c1-24(2,3)19-11-7-17(8-12-19)15-21-22(27)26(23(28)29-21)16-18-9-13-20(14-10-18)25(4,5)6/h7-15H,16H2,1-6H3. The van der Waals surface area contributed by atoms with Gasteiger partial charge in [-0.3, -0.25) is 14.5 Å². The molecular formula is C25H29NO2S. The van der Waals surface area contributed by atoms with Crippen molar-refractivity contribution in [2.24, 2.45) is 0 Å². The highest BCUT2D eigenvalue weighted by atomic mass is 32.2. The van der Waals surface area contributed by atoms with Gasteiger partial charge in [0.1, 0.15) is 0 Å². The lowest BCUT2D eigenvalue weighted by Crippen LogP contribution is -2.27. The van der Waals surface area contributed by atoms with Gasteiger partial charge in [-0.25, -0.2) is 0 Å². The quantitative estimate of drug-likeness (QED) is 0.544. The Hall–Kier alpha value is -2.33. The fourth-order valence-corrected chi connectivity index (χ4v) is 4.00. The normalized spacial score (nSPS) is 16.8. The number of carbonyl (C=O) groups excluding carboxylic acids is 2. The number of hydrogen-bond acceptors (Lipinski definition) is 3. The SMILES string of the molecule is CC(C)(C)c1ccc(C=C2SC(=O)N(Cc3ccc(C(C)(C)C)cc3)C2=O)cc1. The summed E-state index contributed by atoms with van der Waals surface area (Å²) in [6.45, 7) is 13.3. The van der Waals surface area contributed by atoms with Crippen molar-refractivity contribution in [1.82, 2.24) is 4.90 Å². The van der Waals surface area contributed by atoms with Crippen LogP contribution in [0.4, 0.5) is 4.79 Å². The molecular weight excluding hydrogens is 378 g/mol. The van der Waals surface area contributed by atoms with Crippen LogP contribution in [0.3, 0.4) is 0 Å². The Morgan fingerprint density at radius 3 is 1.76 bits per heavy atom. The predicted molar refractivity (Wildman–Crippen MR) is 122 cm³/mol. The Balaban J connectivity index is 1.75. The topological polar surface area (TPSA) is 37.4 Å². The second kappa shape index (κ2) is 7.83. The van der Waals surface area contributed by atoms with Crippen molar-refractivity contribution in [2.45, 2.75) is 58.9 Å². The average molecular weight is 408 g/mol. The Morgan fingerprint density at radius 2 is 1.28 bits per heavy atom. The first-order chi connectivity index (χ1) is 13.4. The molecule has 4 heteroatoms. The van der Waals surface area contributed by atoms with Crippen LogP contribution in [0.1, 0.15) is 63.8 Å². The lowest BCUT2D eigenvalue weighted by molar-refractivity contribution is -0.123. The lowest BCUT2D eigenvalue weighted by atomic mass is 9.87. The first-order valence-corrected chi connectivity index (χ1v) is 10.7. The monoisotopic (exact) mass is 407 g/mol. The zero-order chi connectivity index (χ0) is 21.4. The molecule has 0 atom stereocenters. The highest BCUT2D eigenvalue weighted by Crippen LogP contribution is 2.34. The molecule has 0 aromatic heterocycles. The first-order valence-electron chi connectivity index (χ1n) is 9.90. The Morgan fingerprint density at radius 1 is 0.793 bits per heavy atom. The van der Waals surface area contributed by atoms with E-state index in [0.717, 1.165) is 22.9 Å². The van der Waals surface area contributed by atoms with Crippen LogP contribution in [-0.2, 0) is 22.2 Å². The zero-order valence-electron chi connectivity index (χ0n) is 18.1. The van der Waals surface area contributed by atoms with Crippen LogP contribution in [-0.4, -0.2) is 16.0 Å². The van der Waals surface area contributed by atoms with Gasteiger partial charge in [0.05, 0.1) is 11.4 Å². The van der Waals surface area contributed by atoms with Crippen molar-refractivity contribution in [3.63, 3.8) is 0 Å². The molecule has 0 N–H and O–H groups in total. The van der Waals surface area contributed by atoms with Crippen LogP contribution in [0.5, 0.6) is 0 Å². The molecule has 1 heterocycles. The Labute approximate surface area is 178 Å². The summed E-state index contributed by atoms with van der Waals surface area (Å²) in [7, 11) is 0. The van der Waals surface area contributed by atoms with Gasteiger partial charge in [0.2, 0.25) is 0 Å². The molecule has 0 bridgehead atoms. The van der Waals surface area contributed by atoms with Crippen molar-refractivity contribution in [3.05, 3.63) is 75.7 Å². The largest absolute Gasteiger partial charge is 0.293 e. The maximum Gasteiger partial charge on any atom is 0.293 e. The van der Waals surface area contributed by atoms with E-state index in [1.807, 2.05) is 24.3 Å². The molecule has 0 spiro atoms. The number of thioether (sulfide) groups is 1. The summed E-state index contributed by atoms with van der Waals surface area (Å²) in [5, 5.41) is -0.215. The number of hydrogen-bond donors (Lipinski definition) is 0. The summed E-state index contributed by atoms with van der Waals surface area (Å²) in [6, 6.07) is 16.3. The van der Waals surface area contributed by atoms with E-state index in [2.05, 4.69) is 65.8 Å². The van der Waals surface area contributed by atoms with E-state index in [4.69, 9.17) is 0 Å². The lowest BCUT2D eigenvalue weighted by Gasteiger charge is -2.20. The molecule has 1 saturated heterocycles. The third-order valence-corrected chi connectivity index (χ3v) is 6.02. The van der Waals surface area contributed by atoms with Crippen LogP contribution >= 0.6 is 11.8 Å². The highest BCUT2D eigenvalue weighted by molar-refractivity contribution is 8.18. The number of carbonyl (C=O) groups is 2. The number of rotatable bonds is 3. The highest BCUT2D eigenvalue weighted by Gasteiger charge is 2.35. The van der Waals surface area contributed by atoms with Gasteiger partial charge in [0.25, 0.3) is 11.1 Å². The van der Waals surface area contributed by atoms with Crippen molar-refractivity contribution in [1.29, 1.82) is 0 Å². The summed E-state index contributed by atoms with van der Waals surface area (Å²) < 4.78 is 0. The molecule has 0 saturated carbocycles. The van der Waals surface area contributed by atoms with E-state index >= 15 is 0 Å². The summed E-state index contributed by atoms with van der Waals surface area (Å²) in [4.78, 5) is 27.0. The molecule has 29 heavy (non-hydrogen) atoms. The molecule has 0 aliphatic carbocycles. The van der Waals surface area contributed by atoms with Crippen molar-refractivity contribution in [3.8, 4) is 0 Å². The zero-order valence-corrected chi connectivity index (χ0v) is 18.9. The molecule has 2 aromatic carbocycles. The van der Waals surface area contributed by atoms with Crippen molar-refractivity contribution in [2.75, 3.05) is 0 Å². The van der Waals surface area contributed by atoms with Gasteiger partial charge < -0.3 is 0 Å². The maximum atomic E-state index is 12.8. The Kier molecular flexibility index (Phi) is 5.77. The number of imide groups is 1. The molecule has 0 radical (unpaired) electrons. The third-order valence-electron chi connectivity index (χ3n) is 5.11. The summed E-state index contributed by atoms with van der Waals surface area (Å²) >= 11 is 1.01. The fraction of sp³-hybridized carbons (Fsp3) is 0.360. The van der Waals surface area contributed by atoms with Gasteiger partial charge in [0, 0.05) is 0 Å². The van der Waals surface area contributed by atoms with E-state index in [1.165, 1.54) is 16.0 Å². The number of nitrogens with zero attached hydrogens (tertiary/aromatic N) is 1. The number of amides is 2. The van der Waals surface area contributed by atoms with Gasteiger partial charge in [-0.2, -0.15) is 0 Å². The summed E-state index contributed by atoms with van der Waals surface area (Å²) in [6.07, 6.45) is 1.81. The molecule has 2 aromatic rings. The summed E-state index contributed by atoms with van der Waals surface area (Å²) in [5.74, 6) is -0.222.